The first kappa shape index (κ1) is 48.0. The first-order chi connectivity index (χ1) is 26.1. The molecule has 293 valence electrons. The molecule has 0 saturated carbocycles. The Kier molecular flexibility index (Phi) is 21.5. The fraction of sp³-hybridized carbons (Fsp3) is 0.158. The van der Waals surface area contributed by atoms with Crippen LogP contribution in [0.5, 0.6) is 0 Å². The van der Waals surface area contributed by atoms with Gasteiger partial charge in [-0.2, -0.15) is 0 Å². The van der Waals surface area contributed by atoms with Gasteiger partial charge in [-0.25, -0.2) is 13.6 Å². The van der Waals surface area contributed by atoms with E-state index in [2.05, 4.69) is 0 Å². The van der Waals surface area contributed by atoms with E-state index in [4.69, 9.17) is 31.7 Å². The molecule has 0 spiro atoms. The first-order valence-corrected chi connectivity index (χ1v) is 16.3. The minimum absolute atomic E-state index is 0. The number of aliphatic carboxylic acids is 2. The van der Waals surface area contributed by atoms with Crippen LogP contribution in [0.3, 0.4) is 0 Å². The maximum atomic E-state index is 13.1. The number of allylic oxidation sites excluding steroid dienone is 2. The third kappa shape index (κ3) is 17.8. The van der Waals surface area contributed by atoms with Gasteiger partial charge < -0.3 is 20.1 Å². The van der Waals surface area contributed by atoms with Crippen LogP contribution in [0.1, 0.15) is 57.5 Å². The summed E-state index contributed by atoms with van der Waals surface area (Å²) in [6.45, 7) is -0.377. The molecule has 4 aromatic rings. The van der Waals surface area contributed by atoms with Crippen molar-refractivity contribution < 1.29 is 76.4 Å². The molecule has 0 bridgehead atoms. The van der Waals surface area contributed by atoms with E-state index in [-0.39, 0.29) is 79.4 Å². The molecule has 0 amide bonds. The van der Waals surface area contributed by atoms with E-state index < -0.39 is 38.8 Å². The summed E-state index contributed by atoms with van der Waals surface area (Å²) in [5, 5.41) is 46.6. The number of esters is 1. The smallest absolute Gasteiger partial charge is 0.338 e. The van der Waals surface area contributed by atoms with Crippen molar-refractivity contribution in [3.63, 3.8) is 0 Å². The van der Waals surface area contributed by atoms with Crippen molar-refractivity contribution in [1.82, 2.24) is 0 Å². The molecule has 14 nitrogen and oxygen atoms in total. The zero-order chi connectivity index (χ0) is 40.9. The van der Waals surface area contributed by atoms with Crippen LogP contribution in [0.15, 0.2) is 109 Å². The zero-order valence-corrected chi connectivity index (χ0v) is 31.3. The van der Waals surface area contributed by atoms with Crippen molar-refractivity contribution in [2.24, 2.45) is 0 Å². The molecule has 0 aromatic heterocycles. The van der Waals surface area contributed by atoms with Crippen LogP contribution in [0.2, 0.25) is 0 Å². The summed E-state index contributed by atoms with van der Waals surface area (Å²) >= 11 is 5.12. The molecular weight excluding hydrogens is 801 g/mol. The van der Waals surface area contributed by atoms with E-state index in [1.807, 2.05) is 0 Å². The molecule has 0 atom stereocenters. The van der Waals surface area contributed by atoms with Gasteiger partial charge in [-0.05, 0) is 83.1 Å². The quantitative estimate of drug-likeness (QED) is 0.0450. The molecule has 3 N–H and O–H groups in total. The van der Waals surface area contributed by atoms with Gasteiger partial charge in [0, 0.05) is 61.2 Å². The predicted molar refractivity (Wildman–Crippen MR) is 196 cm³/mol. The number of halogens is 3. The summed E-state index contributed by atoms with van der Waals surface area (Å²) in [5.74, 6) is -3.39. The topological polar surface area (TPSA) is 224 Å². The second-order valence-electron chi connectivity index (χ2n) is 11.0. The van der Waals surface area contributed by atoms with Crippen LogP contribution in [0.25, 0.3) is 11.1 Å². The fourth-order valence-electron chi connectivity index (χ4n) is 4.32. The van der Waals surface area contributed by atoms with Crippen LogP contribution < -0.4 is 0 Å². The number of aliphatic hydroxyl groups is 1. The zero-order valence-electron chi connectivity index (χ0n) is 29.1. The summed E-state index contributed by atoms with van der Waals surface area (Å²) in [4.78, 5) is 63.5. The number of aliphatic hydroxyl groups excluding tert-OH is 1. The van der Waals surface area contributed by atoms with Crippen molar-refractivity contribution in [3.8, 4) is 0 Å². The number of nitrogens with zero attached hydrogens (tertiary/aromatic N) is 2. The minimum atomic E-state index is -0.974. The Hall–Kier alpha value is -6.07. The standard InChI is InChI=1S/C19H16FNO6.C12H13FO3.C7H4ClNO3.V/c20-16-9-7-13(8-10-16)15(4-2-6-18(22)23)12-27-19(24)14-3-1-5-17(11-14)21(25)26;13-11-6-4-9(5-7-11)10(8-14)2-1-3-12(15)16;8-7(10)5-2-1-3-6(4-5)9(11)12;/h1,3-5,7-11H,2,6,12H2,(H,22,23);2,4-7,14H,1,3,8H2,(H,15,16);1-4H;/b15-4+;10-2+;;. The summed E-state index contributed by atoms with van der Waals surface area (Å²) in [6, 6.07) is 21.6. The van der Waals surface area contributed by atoms with Crippen molar-refractivity contribution in [1.29, 1.82) is 0 Å². The number of carbonyl (C=O) groups excluding carboxylic acids is 2. The van der Waals surface area contributed by atoms with Gasteiger partial charge in [0.25, 0.3) is 16.6 Å². The SMILES string of the molecule is O=C(Cl)c1cccc([N+](=O)[O-])c1.O=C(O)CC/C=C(\CO)c1ccc(F)cc1.O=C(O)CC/C=C(\COC(=O)c1cccc([N+](=O)[O-])c1)c1ccc(F)cc1.[V]. The molecule has 0 unspecified atom stereocenters. The third-order valence-electron chi connectivity index (χ3n) is 7.03. The Morgan fingerprint density at radius 2 is 1.07 bits per heavy atom. The number of rotatable bonds is 15. The van der Waals surface area contributed by atoms with Gasteiger partial charge >= 0.3 is 17.9 Å². The summed E-state index contributed by atoms with van der Waals surface area (Å²) in [7, 11) is 0. The van der Waals surface area contributed by atoms with E-state index in [1.54, 1.807) is 24.3 Å². The summed E-state index contributed by atoms with van der Waals surface area (Å²) in [6.07, 6.45) is 3.72. The van der Waals surface area contributed by atoms with E-state index in [9.17, 15) is 48.2 Å². The maximum Gasteiger partial charge on any atom is 0.338 e. The third-order valence-corrected chi connectivity index (χ3v) is 7.25. The molecule has 0 aliphatic heterocycles. The minimum Gasteiger partial charge on any atom is -0.481 e. The van der Waals surface area contributed by atoms with Crippen molar-refractivity contribution in [2.75, 3.05) is 13.2 Å². The normalized spacial score (nSPS) is 10.6. The Morgan fingerprint density at radius 3 is 1.48 bits per heavy atom. The average molecular weight is 834 g/mol. The summed E-state index contributed by atoms with van der Waals surface area (Å²) < 4.78 is 31.0. The number of nitro benzene ring substituents is 2. The molecule has 1 radical (unpaired) electrons. The molecule has 4 aromatic carbocycles. The Labute approximate surface area is 334 Å². The van der Waals surface area contributed by atoms with Gasteiger partial charge in [-0.1, -0.05) is 48.6 Å². The van der Waals surface area contributed by atoms with Gasteiger partial charge in [-0.15, -0.1) is 0 Å². The molecule has 0 heterocycles. The predicted octanol–water partition coefficient (Wildman–Crippen LogP) is 7.88. The molecule has 0 fully saturated rings. The second-order valence-corrected chi connectivity index (χ2v) is 11.3. The van der Waals surface area contributed by atoms with Gasteiger partial charge in [0.2, 0.25) is 0 Å². The van der Waals surface area contributed by atoms with E-state index in [0.717, 1.165) is 12.1 Å². The number of carboxylic acid groups (broad SMARTS) is 2. The number of nitro groups is 2. The Morgan fingerprint density at radius 1 is 0.661 bits per heavy atom. The van der Waals surface area contributed by atoms with E-state index in [1.165, 1.54) is 72.8 Å². The molecule has 4 rings (SSSR count). The van der Waals surface area contributed by atoms with Crippen LogP contribution in [-0.2, 0) is 32.9 Å². The molecule has 56 heavy (non-hydrogen) atoms. The van der Waals surface area contributed by atoms with Crippen molar-refractivity contribution in [2.45, 2.75) is 25.7 Å². The molecule has 0 saturated heterocycles. The number of hydrogen-bond donors (Lipinski definition) is 3. The molecule has 18 heteroatoms. The van der Waals surface area contributed by atoms with Crippen molar-refractivity contribution in [3.05, 3.63) is 163 Å². The number of carbonyl (C=O) groups is 4. The molecular formula is C38H33ClF2N2O12V. The number of hydrogen-bond acceptors (Lipinski definition) is 10. The number of carboxylic acids is 2. The monoisotopic (exact) mass is 833 g/mol. The Bertz CT molecular complexity index is 2010. The second kappa shape index (κ2) is 25.1. The van der Waals surface area contributed by atoms with Gasteiger partial charge in [0.1, 0.15) is 18.2 Å². The average Bonchev–Trinajstić information content (AvgIpc) is 3.16. The van der Waals surface area contributed by atoms with Gasteiger partial charge in [-0.3, -0.25) is 34.6 Å². The first-order valence-electron chi connectivity index (χ1n) is 15.9. The maximum absolute atomic E-state index is 13.1. The van der Waals surface area contributed by atoms with Gasteiger partial charge in [0.15, 0.2) is 0 Å². The van der Waals surface area contributed by atoms with Crippen LogP contribution >= 0.6 is 11.6 Å². The van der Waals surface area contributed by atoms with Gasteiger partial charge in [0.05, 0.1) is 22.0 Å². The summed E-state index contributed by atoms with van der Waals surface area (Å²) in [5.41, 5.74) is 2.18. The van der Waals surface area contributed by atoms with Crippen molar-refractivity contribution >= 4 is 57.3 Å². The molecule has 0 aliphatic carbocycles. The van der Waals surface area contributed by atoms with Crippen LogP contribution in [0.4, 0.5) is 20.2 Å². The fourth-order valence-corrected chi connectivity index (χ4v) is 4.43. The van der Waals surface area contributed by atoms with Crippen LogP contribution in [0, 0.1) is 31.9 Å². The molecule has 0 aliphatic rings. The van der Waals surface area contributed by atoms with E-state index >= 15 is 0 Å². The van der Waals surface area contributed by atoms with Crippen LogP contribution in [-0.4, -0.2) is 61.5 Å². The Balaban J connectivity index is 0.000000459. The number of non-ortho nitro benzene ring substituents is 2. The number of benzene rings is 4. The van der Waals surface area contributed by atoms with E-state index in [0.29, 0.717) is 28.7 Å². The largest absolute Gasteiger partial charge is 0.481 e. The number of ether oxygens (including phenoxy) is 1.